The van der Waals surface area contributed by atoms with Gasteiger partial charge in [-0.05, 0) is 76.8 Å². The zero-order valence-electron chi connectivity index (χ0n) is 21.0. The topological polar surface area (TPSA) is 43.5 Å². The van der Waals surface area contributed by atoms with Gasteiger partial charge in [0.25, 0.3) is 0 Å². The molecule has 2 aliphatic rings. The molecule has 2 aliphatic heterocycles. The van der Waals surface area contributed by atoms with E-state index in [1.165, 1.54) is 5.57 Å². The molecule has 2 rings (SSSR count). The third-order valence-electron chi connectivity index (χ3n) is 5.56. The zero-order valence-corrected chi connectivity index (χ0v) is 23.9. The van der Waals surface area contributed by atoms with Crippen LogP contribution in [0.1, 0.15) is 13.3 Å². The van der Waals surface area contributed by atoms with Crippen LogP contribution in [0.2, 0.25) is 0 Å². The van der Waals surface area contributed by atoms with Gasteiger partial charge in [0.1, 0.15) is 6.17 Å². The summed E-state index contributed by atoms with van der Waals surface area (Å²) in [4.78, 5) is 8.98. The second-order valence-electron chi connectivity index (χ2n) is 8.77. The molecule has 9 heteroatoms. The average Bonchev–Trinajstić information content (AvgIpc) is 2.66. The minimum absolute atomic E-state index is 0. The van der Waals surface area contributed by atoms with Crippen LogP contribution < -0.4 is 10.9 Å². The Kier molecular flexibility index (Phi) is 13.8. The van der Waals surface area contributed by atoms with Gasteiger partial charge in [0.15, 0.2) is 0 Å². The molecular formula is C21H45N8W-. The summed E-state index contributed by atoms with van der Waals surface area (Å²) in [5.74, 6) is 0. The molecule has 8 nitrogen and oxygen atoms in total. The van der Waals surface area contributed by atoms with E-state index in [1.807, 2.05) is 14.1 Å². The van der Waals surface area contributed by atoms with Gasteiger partial charge < -0.3 is 15.9 Å². The molecule has 0 saturated heterocycles. The monoisotopic (exact) mass is 593 g/mol. The molecule has 0 aromatic rings. The van der Waals surface area contributed by atoms with E-state index in [0.29, 0.717) is 24.4 Å². The largest absolute Gasteiger partial charge is 0.483 e. The molecule has 0 radical (unpaired) electrons. The van der Waals surface area contributed by atoms with Crippen molar-refractivity contribution in [2.24, 2.45) is 0 Å². The van der Waals surface area contributed by atoms with E-state index in [2.05, 4.69) is 122 Å². The van der Waals surface area contributed by atoms with E-state index >= 15 is 0 Å². The number of nitrogens with zero attached hydrogens (tertiary/aromatic N) is 6. The Hall–Kier alpha value is -0.312. The van der Waals surface area contributed by atoms with Gasteiger partial charge in [-0.1, -0.05) is 5.57 Å². The molecule has 0 fully saturated rings. The summed E-state index contributed by atoms with van der Waals surface area (Å²) in [5.41, 5.74) is 7.86. The van der Waals surface area contributed by atoms with E-state index in [-0.39, 0.29) is 21.1 Å². The summed E-state index contributed by atoms with van der Waals surface area (Å²) in [7, 11) is 20.9. The predicted octanol–water partition coefficient (Wildman–Crippen LogP) is 0.159. The van der Waals surface area contributed by atoms with Gasteiger partial charge in [0, 0.05) is 46.4 Å². The van der Waals surface area contributed by atoms with E-state index in [1.54, 1.807) is 0 Å². The number of hydrazine groups is 2. The minimum Gasteiger partial charge on any atom is -0.483 e. The molecule has 0 unspecified atom stereocenters. The summed E-state index contributed by atoms with van der Waals surface area (Å²) in [6.07, 6.45) is 9.50. The fourth-order valence-electron chi connectivity index (χ4n) is 4.07. The van der Waals surface area contributed by atoms with Gasteiger partial charge in [-0.25, -0.2) is 11.5 Å². The molecule has 0 aromatic carbocycles. The molecule has 0 aromatic heterocycles. The van der Waals surface area contributed by atoms with Crippen molar-refractivity contribution in [3.8, 4) is 0 Å². The summed E-state index contributed by atoms with van der Waals surface area (Å²) >= 11 is 0. The van der Waals surface area contributed by atoms with Crippen molar-refractivity contribution in [1.29, 1.82) is 0 Å². The first-order valence-corrected chi connectivity index (χ1v) is 10.3. The van der Waals surface area contributed by atoms with Crippen molar-refractivity contribution in [3.05, 3.63) is 23.9 Å². The number of rotatable bonds is 6. The maximum absolute atomic E-state index is 3.27. The molecule has 2 N–H and O–H groups in total. The second kappa shape index (κ2) is 14.0. The molecule has 2 heterocycles. The van der Waals surface area contributed by atoms with Gasteiger partial charge in [-0.15, -0.1) is 6.54 Å². The molecule has 0 bridgehead atoms. The van der Waals surface area contributed by atoms with Crippen LogP contribution in [0.4, 0.5) is 0 Å². The van der Waals surface area contributed by atoms with Crippen molar-refractivity contribution in [3.63, 3.8) is 0 Å². The van der Waals surface area contributed by atoms with E-state index < -0.39 is 0 Å². The Morgan fingerprint density at radius 1 is 0.867 bits per heavy atom. The summed E-state index contributed by atoms with van der Waals surface area (Å²) in [6.45, 7) is 3.02. The van der Waals surface area contributed by atoms with Crippen LogP contribution in [0.3, 0.4) is 0 Å². The predicted molar refractivity (Wildman–Crippen MR) is 123 cm³/mol. The van der Waals surface area contributed by atoms with Gasteiger partial charge in [-0.2, -0.15) is 0 Å². The number of hydrogen-bond acceptors (Lipinski definition) is 8. The fourth-order valence-corrected chi connectivity index (χ4v) is 4.07. The third-order valence-corrected chi connectivity index (χ3v) is 5.56. The Morgan fingerprint density at radius 2 is 1.43 bits per heavy atom. The van der Waals surface area contributed by atoms with Crippen molar-refractivity contribution >= 4 is 0 Å². The van der Waals surface area contributed by atoms with Crippen molar-refractivity contribution in [2.75, 3.05) is 77.0 Å². The Morgan fingerprint density at radius 3 is 1.83 bits per heavy atom. The van der Waals surface area contributed by atoms with Crippen LogP contribution in [0.25, 0.3) is 0 Å². The van der Waals surface area contributed by atoms with E-state index in [0.717, 1.165) is 13.0 Å². The molecule has 176 valence electrons. The Labute approximate surface area is 200 Å². The van der Waals surface area contributed by atoms with Crippen molar-refractivity contribution in [1.82, 2.24) is 40.5 Å². The quantitative estimate of drug-likeness (QED) is 0.423. The number of hydrogen-bond donors (Lipinski definition) is 2. The third kappa shape index (κ3) is 7.99. The standard InChI is InChI=1S/C11H24N4.C10H21N4.W/c1-9-7-10(13(3)4)11(14(5)6)15(8-9)12-2;1-11-14-8-6-7-9(12(2)3)10(14)13(4)5;/h8,10-12H,7H2,1-6H3;7,9-11H,8H2,1-5H3;/q;-1;/t10-,11-;9-,10-;/m11./s1. The van der Waals surface area contributed by atoms with Crippen LogP contribution in [0, 0.1) is 6.08 Å². The number of likely N-dealkylation sites (N-methyl/N-ethyl adjacent to an activating group) is 4. The molecule has 0 amide bonds. The first-order valence-electron chi connectivity index (χ1n) is 10.3. The van der Waals surface area contributed by atoms with Crippen LogP contribution in [0.5, 0.6) is 0 Å². The first kappa shape index (κ1) is 29.7. The minimum atomic E-state index is 0. The molecule has 0 spiro atoms. The molecule has 4 atom stereocenters. The molecule has 30 heavy (non-hydrogen) atoms. The van der Waals surface area contributed by atoms with Crippen LogP contribution in [-0.2, 0) is 21.1 Å². The summed E-state index contributed by atoms with van der Waals surface area (Å²) < 4.78 is 0. The number of nitrogens with one attached hydrogen (secondary N) is 2. The Balaban J connectivity index is 0.000000544. The van der Waals surface area contributed by atoms with Crippen LogP contribution >= 0.6 is 0 Å². The molecule has 0 saturated carbocycles. The maximum atomic E-state index is 3.27. The summed E-state index contributed by atoms with van der Waals surface area (Å²) in [6, 6.07) is 0.906. The average molecular weight is 593 g/mol. The summed E-state index contributed by atoms with van der Waals surface area (Å²) in [5, 5.41) is 4.37. The van der Waals surface area contributed by atoms with Crippen molar-refractivity contribution < 1.29 is 21.1 Å². The van der Waals surface area contributed by atoms with Crippen LogP contribution in [-0.4, -0.2) is 131 Å². The van der Waals surface area contributed by atoms with E-state index in [4.69, 9.17) is 0 Å². The van der Waals surface area contributed by atoms with Gasteiger partial charge in [-0.3, -0.25) is 25.2 Å². The Bertz CT molecular complexity index is 535. The van der Waals surface area contributed by atoms with Crippen LogP contribution in [0.15, 0.2) is 17.8 Å². The van der Waals surface area contributed by atoms with Crippen molar-refractivity contribution in [2.45, 2.75) is 37.8 Å². The zero-order chi connectivity index (χ0) is 22.3. The SMILES string of the molecule is CNN1C=C(C)C[C@@H](N(C)C)[C@@H]1N(C)C.CNN1C[C-]=C[C@@H](N(C)C)[C@@H]1N(C)C.[W]. The fraction of sp³-hybridized carbons (Fsp3) is 0.810. The first-order chi connectivity index (χ1) is 13.5. The van der Waals surface area contributed by atoms with Gasteiger partial charge in [0.2, 0.25) is 0 Å². The van der Waals surface area contributed by atoms with Gasteiger partial charge in [0.05, 0.1) is 6.17 Å². The molecule has 0 aliphatic carbocycles. The normalized spacial score (nSPS) is 27.3. The second-order valence-corrected chi connectivity index (χ2v) is 8.77. The maximum Gasteiger partial charge on any atom is 0.112 e. The smallest absolute Gasteiger partial charge is 0.112 e. The van der Waals surface area contributed by atoms with E-state index in [9.17, 15) is 0 Å². The van der Waals surface area contributed by atoms with Gasteiger partial charge >= 0.3 is 0 Å². The molecular weight excluding hydrogens is 548 g/mol.